The van der Waals surface area contributed by atoms with Crippen molar-refractivity contribution < 1.29 is 14.3 Å². The van der Waals surface area contributed by atoms with Crippen LogP contribution < -0.4 is 5.32 Å². The van der Waals surface area contributed by atoms with Gasteiger partial charge in [0, 0.05) is 10.9 Å². The lowest BCUT2D eigenvalue weighted by molar-refractivity contribution is -0.155. The summed E-state index contributed by atoms with van der Waals surface area (Å²) in [6.45, 7) is 5.33. The molecular formula is C15H17BrN2O3. The van der Waals surface area contributed by atoms with Gasteiger partial charge in [0.05, 0.1) is 23.7 Å². The standard InChI is InChI=1S/C15H17BrN2O3/c1-15(2,3)21-14(20)7-6-13(19)18-12-5-4-10(9-17)8-11(12)16/h4-5,8H,6-7H2,1-3H3,(H,18,19). The fourth-order valence-corrected chi connectivity index (χ4v) is 1.98. The van der Waals surface area contributed by atoms with E-state index in [9.17, 15) is 9.59 Å². The molecule has 0 aliphatic rings. The maximum absolute atomic E-state index is 11.8. The third-order valence-corrected chi connectivity index (χ3v) is 3.00. The summed E-state index contributed by atoms with van der Waals surface area (Å²) in [5.74, 6) is -0.692. The van der Waals surface area contributed by atoms with E-state index in [1.165, 1.54) is 0 Å². The van der Waals surface area contributed by atoms with Gasteiger partial charge in [-0.15, -0.1) is 0 Å². The highest BCUT2D eigenvalue weighted by Gasteiger charge is 2.17. The summed E-state index contributed by atoms with van der Waals surface area (Å²) in [6.07, 6.45) is 0.0678. The molecule has 0 atom stereocenters. The van der Waals surface area contributed by atoms with Crippen molar-refractivity contribution in [2.45, 2.75) is 39.2 Å². The van der Waals surface area contributed by atoms with Crippen LogP contribution in [0.15, 0.2) is 22.7 Å². The van der Waals surface area contributed by atoms with Gasteiger partial charge in [-0.25, -0.2) is 0 Å². The van der Waals surface area contributed by atoms with Crippen LogP contribution in [0.2, 0.25) is 0 Å². The van der Waals surface area contributed by atoms with Crippen molar-refractivity contribution in [3.63, 3.8) is 0 Å². The molecule has 112 valence electrons. The first kappa shape index (κ1) is 17.2. The topological polar surface area (TPSA) is 79.2 Å². The largest absolute Gasteiger partial charge is 0.460 e. The predicted octanol–water partition coefficient (Wildman–Crippen LogP) is 3.38. The number of nitrogens with zero attached hydrogens (tertiary/aromatic N) is 1. The van der Waals surface area contributed by atoms with Crippen LogP contribution in [0.3, 0.4) is 0 Å². The summed E-state index contributed by atoms with van der Waals surface area (Å²) in [5.41, 5.74) is 0.501. The van der Waals surface area contributed by atoms with E-state index in [1.54, 1.807) is 39.0 Å². The van der Waals surface area contributed by atoms with Crippen LogP contribution in [-0.4, -0.2) is 17.5 Å². The molecule has 21 heavy (non-hydrogen) atoms. The summed E-state index contributed by atoms with van der Waals surface area (Å²) in [5, 5.41) is 11.4. The molecule has 0 unspecified atom stereocenters. The van der Waals surface area contributed by atoms with E-state index in [-0.39, 0.29) is 18.7 Å². The Bertz CT molecular complexity index is 586. The predicted molar refractivity (Wildman–Crippen MR) is 82.6 cm³/mol. The molecule has 0 spiro atoms. The highest BCUT2D eigenvalue weighted by atomic mass is 79.9. The summed E-state index contributed by atoms with van der Waals surface area (Å²) in [7, 11) is 0. The van der Waals surface area contributed by atoms with E-state index >= 15 is 0 Å². The highest BCUT2D eigenvalue weighted by Crippen LogP contribution is 2.23. The molecule has 1 aromatic rings. The molecule has 0 aliphatic heterocycles. The van der Waals surface area contributed by atoms with Crippen molar-refractivity contribution in [2.75, 3.05) is 5.32 Å². The number of ether oxygens (including phenoxy) is 1. The summed E-state index contributed by atoms with van der Waals surface area (Å²) in [4.78, 5) is 23.3. The van der Waals surface area contributed by atoms with E-state index < -0.39 is 11.6 Å². The van der Waals surface area contributed by atoms with Gasteiger partial charge in [0.15, 0.2) is 0 Å². The zero-order valence-corrected chi connectivity index (χ0v) is 13.8. The molecule has 6 heteroatoms. The maximum atomic E-state index is 11.8. The van der Waals surface area contributed by atoms with Crippen molar-refractivity contribution in [2.24, 2.45) is 0 Å². The Balaban J connectivity index is 2.51. The quantitative estimate of drug-likeness (QED) is 0.842. The van der Waals surface area contributed by atoms with Crippen LogP contribution in [0.4, 0.5) is 5.69 Å². The molecule has 5 nitrogen and oxygen atoms in total. The normalized spacial score (nSPS) is 10.6. The average Bonchev–Trinajstić information content (AvgIpc) is 2.37. The van der Waals surface area contributed by atoms with Gasteiger partial charge in [-0.05, 0) is 54.9 Å². The molecule has 0 radical (unpaired) electrons. The second-order valence-electron chi connectivity index (χ2n) is 5.44. The van der Waals surface area contributed by atoms with Gasteiger partial charge in [0.2, 0.25) is 5.91 Å². The summed E-state index contributed by atoms with van der Waals surface area (Å²) in [6, 6.07) is 6.86. The van der Waals surface area contributed by atoms with Gasteiger partial charge in [-0.1, -0.05) is 0 Å². The number of halogens is 1. The minimum atomic E-state index is -0.552. The van der Waals surface area contributed by atoms with E-state index in [0.717, 1.165) is 0 Å². The van der Waals surface area contributed by atoms with E-state index in [1.807, 2.05) is 6.07 Å². The lowest BCUT2D eigenvalue weighted by atomic mass is 10.2. The molecule has 0 heterocycles. The smallest absolute Gasteiger partial charge is 0.306 e. The molecule has 1 N–H and O–H groups in total. The second-order valence-corrected chi connectivity index (χ2v) is 6.30. The number of rotatable bonds is 4. The Hall–Kier alpha value is -1.87. The van der Waals surface area contributed by atoms with Gasteiger partial charge < -0.3 is 10.1 Å². The van der Waals surface area contributed by atoms with Gasteiger partial charge in [-0.3, -0.25) is 9.59 Å². The Morgan fingerprint density at radius 3 is 2.52 bits per heavy atom. The minimum absolute atomic E-state index is 0.0248. The van der Waals surface area contributed by atoms with Gasteiger partial charge in [0.25, 0.3) is 0 Å². The first-order valence-corrected chi connectivity index (χ1v) is 7.22. The Morgan fingerprint density at radius 1 is 1.33 bits per heavy atom. The Morgan fingerprint density at radius 2 is 2.00 bits per heavy atom. The molecule has 1 amide bonds. The monoisotopic (exact) mass is 352 g/mol. The average molecular weight is 353 g/mol. The number of esters is 1. The summed E-state index contributed by atoms with van der Waals surface area (Å²) < 4.78 is 5.75. The molecular weight excluding hydrogens is 336 g/mol. The number of nitriles is 1. The van der Waals surface area contributed by atoms with Crippen molar-refractivity contribution >= 4 is 33.5 Å². The van der Waals surface area contributed by atoms with Crippen LogP contribution in [-0.2, 0) is 14.3 Å². The number of carbonyl (C=O) groups excluding carboxylic acids is 2. The van der Waals surface area contributed by atoms with Gasteiger partial charge in [-0.2, -0.15) is 5.26 Å². The number of nitrogens with one attached hydrogen (secondary N) is 1. The van der Waals surface area contributed by atoms with Crippen molar-refractivity contribution in [1.29, 1.82) is 5.26 Å². The lowest BCUT2D eigenvalue weighted by Gasteiger charge is -2.19. The Labute approximate surface area is 132 Å². The number of anilines is 1. The van der Waals surface area contributed by atoms with Crippen molar-refractivity contribution in [3.05, 3.63) is 28.2 Å². The van der Waals surface area contributed by atoms with Crippen LogP contribution in [0, 0.1) is 11.3 Å². The van der Waals surface area contributed by atoms with Crippen LogP contribution in [0.25, 0.3) is 0 Å². The van der Waals surface area contributed by atoms with E-state index in [0.29, 0.717) is 15.7 Å². The zero-order valence-electron chi connectivity index (χ0n) is 12.2. The molecule has 1 rings (SSSR count). The minimum Gasteiger partial charge on any atom is -0.460 e. The molecule has 0 fully saturated rings. The lowest BCUT2D eigenvalue weighted by Crippen LogP contribution is -2.24. The first-order chi connectivity index (χ1) is 9.71. The molecule has 0 bridgehead atoms. The zero-order chi connectivity index (χ0) is 16.0. The third-order valence-electron chi connectivity index (χ3n) is 2.35. The number of hydrogen-bond donors (Lipinski definition) is 1. The van der Waals surface area contributed by atoms with Crippen molar-refractivity contribution in [1.82, 2.24) is 0 Å². The molecule has 0 saturated carbocycles. The van der Waals surface area contributed by atoms with Crippen molar-refractivity contribution in [3.8, 4) is 6.07 Å². The SMILES string of the molecule is CC(C)(C)OC(=O)CCC(=O)Nc1ccc(C#N)cc1Br. The second kappa shape index (κ2) is 7.23. The number of carbonyl (C=O) groups is 2. The van der Waals surface area contributed by atoms with Crippen LogP contribution in [0.5, 0.6) is 0 Å². The molecule has 0 aromatic heterocycles. The molecule has 1 aromatic carbocycles. The number of amides is 1. The maximum Gasteiger partial charge on any atom is 0.306 e. The fourth-order valence-electron chi connectivity index (χ4n) is 1.51. The first-order valence-electron chi connectivity index (χ1n) is 6.42. The van der Waals surface area contributed by atoms with E-state index in [2.05, 4.69) is 21.2 Å². The number of hydrogen-bond acceptors (Lipinski definition) is 4. The Kier molecular flexibility index (Phi) is 5.91. The van der Waals surface area contributed by atoms with E-state index in [4.69, 9.17) is 10.00 Å². The fraction of sp³-hybridized carbons (Fsp3) is 0.400. The highest BCUT2D eigenvalue weighted by molar-refractivity contribution is 9.10. The molecule has 0 saturated heterocycles. The van der Waals surface area contributed by atoms with Gasteiger partial charge >= 0.3 is 5.97 Å². The summed E-state index contributed by atoms with van der Waals surface area (Å²) >= 11 is 3.28. The van der Waals surface area contributed by atoms with Gasteiger partial charge in [0.1, 0.15) is 5.60 Å². The molecule has 0 aliphatic carbocycles. The van der Waals surface area contributed by atoms with Crippen LogP contribution in [0.1, 0.15) is 39.2 Å². The van der Waals surface area contributed by atoms with Crippen LogP contribution >= 0.6 is 15.9 Å². The number of benzene rings is 1. The third kappa shape index (κ3) is 6.41.